The van der Waals surface area contributed by atoms with Crippen molar-refractivity contribution in [1.82, 2.24) is 14.0 Å². The van der Waals surface area contributed by atoms with E-state index in [9.17, 15) is 9.59 Å². The van der Waals surface area contributed by atoms with E-state index in [0.717, 1.165) is 22.3 Å². The maximum absolute atomic E-state index is 12.9. The van der Waals surface area contributed by atoms with Crippen molar-refractivity contribution < 1.29 is 9.53 Å². The largest absolute Gasteiger partial charge is 0.496 e. The lowest BCUT2D eigenvalue weighted by Crippen LogP contribution is -2.36. The number of fused-ring (bicyclic) bond motifs is 1. The average Bonchev–Trinajstić information content (AvgIpc) is 2.97. The van der Waals surface area contributed by atoms with Gasteiger partial charge in [-0.15, -0.1) is 0 Å². The second kappa shape index (κ2) is 7.70. The molecule has 3 aromatic rings. The number of ether oxygens (including phenoxy) is 1. The van der Waals surface area contributed by atoms with Gasteiger partial charge in [-0.25, -0.2) is 4.79 Å². The zero-order valence-corrected chi connectivity index (χ0v) is 16.2. The minimum atomic E-state index is -0.177. The third kappa shape index (κ3) is 3.35. The Hall–Kier alpha value is -3.02. The topological polar surface area (TPSA) is 56.5 Å². The van der Waals surface area contributed by atoms with Gasteiger partial charge in [0.05, 0.1) is 24.2 Å². The van der Waals surface area contributed by atoms with E-state index < -0.39 is 0 Å². The number of aryl methyl sites for hydroxylation is 1. The van der Waals surface area contributed by atoms with Gasteiger partial charge in [0.15, 0.2) is 0 Å². The molecule has 0 aliphatic heterocycles. The van der Waals surface area contributed by atoms with Gasteiger partial charge < -0.3 is 9.64 Å². The lowest BCUT2D eigenvalue weighted by molar-refractivity contribution is -0.132. The molecule has 6 heteroatoms. The van der Waals surface area contributed by atoms with Crippen molar-refractivity contribution in [1.29, 1.82) is 0 Å². The lowest BCUT2D eigenvalue weighted by Gasteiger charge is -2.26. The van der Waals surface area contributed by atoms with Crippen LogP contribution in [-0.2, 0) is 17.9 Å². The van der Waals surface area contributed by atoms with E-state index >= 15 is 0 Å². The van der Waals surface area contributed by atoms with Crippen LogP contribution >= 0.6 is 0 Å². The molecule has 142 valence electrons. The van der Waals surface area contributed by atoms with Gasteiger partial charge in [-0.2, -0.15) is 0 Å². The van der Waals surface area contributed by atoms with Crippen LogP contribution in [0, 0.1) is 0 Å². The first-order chi connectivity index (χ1) is 13.0. The minimum absolute atomic E-state index is 0.00232. The Kier molecular flexibility index (Phi) is 5.35. The molecule has 6 nitrogen and oxygen atoms in total. The summed E-state index contributed by atoms with van der Waals surface area (Å²) in [5, 5.41) is 0. The van der Waals surface area contributed by atoms with E-state index in [2.05, 4.69) is 0 Å². The first-order valence-electron chi connectivity index (χ1n) is 9.06. The van der Waals surface area contributed by atoms with Crippen LogP contribution in [0.2, 0.25) is 0 Å². The summed E-state index contributed by atoms with van der Waals surface area (Å²) in [6, 6.07) is 15.0. The summed E-state index contributed by atoms with van der Waals surface area (Å²) in [7, 11) is 3.37. The van der Waals surface area contributed by atoms with Gasteiger partial charge in [0.1, 0.15) is 12.3 Å². The predicted octanol–water partition coefficient (Wildman–Crippen LogP) is 3.05. The normalized spacial score (nSPS) is 12.1. The summed E-state index contributed by atoms with van der Waals surface area (Å²) in [5.74, 6) is 0.610. The fourth-order valence-electron chi connectivity index (χ4n) is 3.41. The standard InChI is InChI=1S/C21H25N3O3/c1-5-23-17-11-7-8-12-18(17)24(21(23)26)14-20(25)22(3)15(2)16-10-6-9-13-19(16)27-4/h6-13,15H,5,14H2,1-4H3. The van der Waals surface area contributed by atoms with Crippen LogP contribution in [0.5, 0.6) is 5.75 Å². The quantitative estimate of drug-likeness (QED) is 0.673. The van der Waals surface area contributed by atoms with Crippen LogP contribution in [0.3, 0.4) is 0 Å². The number of benzene rings is 2. The van der Waals surface area contributed by atoms with Crippen molar-refractivity contribution in [2.24, 2.45) is 0 Å². The van der Waals surface area contributed by atoms with E-state index in [0.29, 0.717) is 6.54 Å². The molecule has 0 radical (unpaired) electrons. The molecule has 1 aromatic heterocycles. The molecule has 0 aliphatic carbocycles. The molecule has 1 amide bonds. The highest BCUT2D eigenvalue weighted by atomic mass is 16.5. The Balaban J connectivity index is 1.91. The molecule has 0 saturated heterocycles. The highest BCUT2D eigenvalue weighted by Gasteiger charge is 2.22. The van der Waals surface area contributed by atoms with Gasteiger partial charge >= 0.3 is 5.69 Å². The van der Waals surface area contributed by atoms with Crippen molar-refractivity contribution in [3.8, 4) is 5.75 Å². The smallest absolute Gasteiger partial charge is 0.329 e. The van der Waals surface area contributed by atoms with E-state index in [4.69, 9.17) is 4.74 Å². The second-order valence-corrected chi connectivity index (χ2v) is 6.52. The second-order valence-electron chi connectivity index (χ2n) is 6.52. The molecule has 1 unspecified atom stereocenters. The summed E-state index contributed by atoms with van der Waals surface area (Å²) in [6.07, 6.45) is 0. The van der Waals surface area contributed by atoms with E-state index in [1.54, 1.807) is 28.2 Å². The number of methoxy groups -OCH3 is 1. The molecule has 0 bridgehead atoms. The summed E-state index contributed by atoms with van der Waals surface area (Å²) in [6.45, 7) is 4.44. The summed E-state index contributed by atoms with van der Waals surface area (Å²) < 4.78 is 8.65. The first-order valence-corrected chi connectivity index (χ1v) is 9.06. The number of nitrogens with zero attached hydrogens (tertiary/aromatic N) is 3. The zero-order valence-electron chi connectivity index (χ0n) is 16.2. The molecule has 0 spiro atoms. The maximum Gasteiger partial charge on any atom is 0.329 e. The summed E-state index contributed by atoms with van der Waals surface area (Å²) >= 11 is 0. The molecular formula is C21H25N3O3. The molecule has 1 heterocycles. The molecule has 3 rings (SSSR count). The molecule has 27 heavy (non-hydrogen) atoms. The van der Waals surface area contributed by atoms with Crippen LogP contribution in [0.4, 0.5) is 0 Å². The third-order valence-electron chi connectivity index (χ3n) is 5.10. The number of amides is 1. The fourth-order valence-corrected chi connectivity index (χ4v) is 3.41. The van der Waals surface area contributed by atoms with Crippen LogP contribution in [0.1, 0.15) is 25.5 Å². The highest BCUT2D eigenvalue weighted by molar-refractivity contribution is 5.81. The predicted molar refractivity (Wildman–Crippen MR) is 106 cm³/mol. The van der Waals surface area contributed by atoms with E-state index in [1.807, 2.05) is 62.4 Å². The lowest BCUT2D eigenvalue weighted by atomic mass is 10.1. The Morgan fingerprint density at radius 2 is 1.67 bits per heavy atom. The number of carbonyl (C=O) groups excluding carboxylic acids is 1. The van der Waals surface area contributed by atoms with Gasteiger partial charge in [0.25, 0.3) is 0 Å². The first kappa shape index (κ1) is 18.8. The number of aromatic nitrogens is 2. The van der Waals surface area contributed by atoms with Crippen LogP contribution in [0.15, 0.2) is 53.3 Å². The number of rotatable bonds is 6. The SMILES string of the molecule is CCn1c(=O)n(CC(=O)N(C)C(C)c2ccccc2OC)c2ccccc21. The molecule has 2 aromatic carbocycles. The monoisotopic (exact) mass is 367 g/mol. The highest BCUT2D eigenvalue weighted by Crippen LogP contribution is 2.28. The average molecular weight is 367 g/mol. The number of hydrogen-bond acceptors (Lipinski definition) is 3. The van der Waals surface area contributed by atoms with Gasteiger partial charge in [0.2, 0.25) is 5.91 Å². The fraction of sp³-hybridized carbons (Fsp3) is 0.333. The van der Waals surface area contributed by atoms with Crippen molar-refractivity contribution in [3.63, 3.8) is 0 Å². The van der Waals surface area contributed by atoms with Gasteiger partial charge in [-0.1, -0.05) is 30.3 Å². The number of carbonyl (C=O) groups is 1. The van der Waals surface area contributed by atoms with Crippen molar-refractivity contribution in [2.45, 2.75) is 33.0 Å². The van der Waals surface area contributed by atoms with Crippen LogP contribution < -0.4 is 10.4 Å². The molecule has 0 saturated carbocycles. The van der Waals surface area contributed by atoms with Gasteiger partial charge in [0, 0.05) is 19.2 Å². The Bertz CT molecular complexity index is 1020. The minimum Gasteiger partial charge on any atom is -0.496 e. The number of likely N-dealkylation sites (N-methyl/N-ethyl adjacent to an activating group) is 1. The van der Waals surface area contributed by atoms with Crippen LogP contribution in [-0.4, -0.2) is 34.1 Å². The maximum atomic E-state index is 12.9. The van der Waals surface area contributed by atoms with Crippen molar-refractivity contribution in [2.75, 3.05) is 14.2 Å². The Morgan fingerprint density at radius 1 is 1.07 bits per heavy atom. The zero-order chi connectivity index (χ0) is 19.6. The van der Waals surface area contributed by atoms with Crippen molar-refractivity contribution in [3.05, 3.63) is 64.6 Å². The number of hydrogen-bond donors (Lipinski definition) is 0. The molecule has 1 atom stereocenters. The van der Waals surface area contributed by atoms with E-state index in [1.165, 1.54) is 0 Å². The molecule has 0 aliphatic rings. The van der Waals surface area contributed by atoms with Crippen molar-refractivity contribution >= 4 is 16.9 Å². The van der Waals surface area contributed by atoms with Gasteiger partial charge in [-0.05, 0) is 32.0 Å². The molecule has 0 fully saturated rings. The third-order valence-corrected chi connectivity index (χ3v) is 5.10. The Morgan fingerprint density at radius 3 is 2.30 bits per heavy atom. The van der Waals surface area contributed by atoms with E-state index in [-0.39, 0.29) is 24.2 Å². The summed E-state index contributed by atoms with van der Waals surface area (Å²) in [4.78, 5) is 27.3. The summed E-state index contributed by atoms with van der Waals surface area (Å²) in [5.41, 5.74) is 2.39. The molecule has 0 N–H and O–H groups in total. The van der Waals surface area contributed by atoms with Crippen LogP contribution in [0.25, 0.3) is 11.0 Å². The number of imidazole rings is 1. The van der Waals surface area contributed by atoms with Gasteiger partial charge in [-0.3, -0.25) is 13.9 Å². The molecular weight excluding hydrogens is 342 g/mol. The number of para-hydroxylation sites is 3. The Labute approximate surface area is 158 Å².